The summed E-state index contributed by atoms with van der Waals surface area (Å²) in [7, 11) is 1.70. The fraction of sp³-hybridized carbons (Fsp3) is 0.286. The first kappa shape index (κ1) is 19.3. The smallest absolute Gasteiger partial charge is 0.294 e. The Balaban J connectivity index is 2.00. The number of anilines is 1. The van der Waals surface area contributed by atoms with Crippen LogP contribution in [0.3, 0.4) is 0 Å². The summed E-state index contributed by atoms with van der Waals surface area (Å²) in [6, 6.07) is 13.0. The molecule has 1 aliphatic rings. The van der Waals surface area contributed by atoms with Gasteiger partial charge in [-0.15, -0.1) is 0 Å². The van der Waals surface area contributed by atoms with E-state index in [-0.39, 0.29) is 10.3 Å². The predicted octanol–water partition coefficient (Wildman–Crippen LogP) is 3.72. The third-order valence-electron chi connectivity index (χ3n) is 5.15. The van der Waals surface area contributed by atoms with Crippen molar-refractivity contribution in [3.8, 4) is 0 Å². The molecule has 0 spiro atoms. The van der Waals surface area contributed by atoms with E-state index in [1.54, 1.807) is 6.07 Å². The van der Waals surface area contributed by atoms with Crippen molar-refractivity contribution in [1.29, 1.82) is 0 Å². The Kier molecular flexibility index (Phi) is 4.74. The first-order valence-electron chi connectivity index (χ1n) is 8.70. The number of hydrogen-bond acceptors (Lipinski definition) is 3. The van der Waals surface area contributed by atoms with Crippen LogP contribution in [-0.4, -0.2) is 44.4 Å². The van der Waals surface area contributed by atoms with E-state index in [0.717, 1.165) is 28.2 Å². The highest BCUT2D eigenvalue weighted by Gasteiger charge is 2.43. The van der Waals surface area contributed by atoms with Gasteiger partial charge in [-0.3, -0.25) is 4.55 Å². The monoisotopic (exact) mass is 385 g/mol. The van der Waals surface area contributed by atoms with Gasteiger partial charge in [0.15, 0.2) is 5.71 Å². The van der Waals surface area contributed by atoms with Gasteiger partial charge in [-0.2, -0.15) is 13.0 Å². The molecule has 1 aliphatic heterocycles. The van der Waals surface area contributed by atoms with Gasteiger partial charge in [-0.05, 0) is 49.8 Å². The van der Waals surface area contributed by atoms with Crippen molar-refractivity contribution < 1.29 is 17.5 Å². The zero-order chi connectivity index (χ0) is 20.0. The van der Waals surface area contributed by atoms with E-state index in [1.807, 2.05) is 25.7 Å². The second kappa shape index (κ2) is 6.62. The van der Waals surface area contributed by atoms with Crippen molar-refractivity contribution in [3.63, 3.8) is 0 Å². The summed E-state index contributed by atoms with van der Waals surface area (Å²) in [5, 5.41) is 0. The minimum Gasteiger partial charge on any atom is -0.378 e. The highest BCUT2D eigenvalue weighted by atomic mass is 32.2. The summed E-state index contributed by atoms with van der Waals surface area (Å²) in [5.41, 5.74) is 4.83. The molecule has 5 nitrogen and oxygen atoms in total. The van der Waals surface area contributed by atoms with Gasteiger partial charge >= 0.3 is 0 Å². The summed E-state index contributed by atoms with van der Waals surface area (Å²) in [4.78, 5) is 1.97. The molecule has 0 unspecified atom stereocenters. The lowest BCUT2D eigenvalue weighted by molar-refractivity contribution is -0.401. The normalized spacial score (nSPS) is 16.1. The van der Waals surface area contributed by atoms with Crippen molar-refractivity contribution in [2.45, 2.75) is 24.2 Å². The topological polar surface area (TPSA) is 60.6 Å². The van der Waals surface area contributed by atoms with Crippen LogP contribution in [0, 0.1) is 0 Å². The van der Waals surface area contributed by atoms with Crippen LogP contribution in [0.15, 0.2) is 53.4 Å². The molecule has 6 heteroatoms. The summed E-state index contributed by atoms with van der Waals surface area (Å²) in [6.07, 6.45) is 4.13. The van der Waals surface area contributed by atoms with E-state index in [9.17, 15) is 13.0 Å². The van der Waals surface area contributed by atoms with Gasteiger partial charge in [0.2, 0.25) is 5.69 Å². The zero-order valence-corrected chi connectivity index (χ0v) is 17.1. The third-order valence-corrected chi connectivity index (χ3v) is 6.00. The number of rotatable bonds is 4. The van der Waals surface area contributed by atoms with Crippen LogP contribution in [0.4, 0.5) is 11.4 Å². The lowest BCUT2D eigenvalue weighted by atomic mass is 9.81. The second-order valence-corrected chi connectivity index (χ2v) is 8.96. The fourth-order valence-corrected chi connectivity index (χ4v) is 4.04. The molecular formula is C21H25N2O3S+. The van der Waals surface area contributed by atoms with Gasteiger partial charge in [0, 0.05) is 37.5 Å². The molecule has 2 aromatic carbocycles. The number of hydrogen-bond donors (Lipinski definition) is 1. The maximum atomic E-state index is 11.5. The molecule has 0 saturated carbocycles. The molecule has 2 aromatic rings. The molecule has 0 saturated heterocycles. The molecule has 0 bridgehead atoms. The van der Waals surface area contributed by atoms with Gasteiger partial charge in [0.1, 0.15) is 11.9 Å². The quantitative estimate of drug-likeness (QED) is 0.644. The first-order valence-corrected chi connectivity index (χ1v) is 10.1. The SMILES string of the molecule is CN(C)c1ccc(C=CC2=[N+](C)c3cc(S(=O)(=O)O)ccc3C2(C)C)cc1. The van der Waals surface area contributed by atoms with Crippen LogP contribution in [-0.2, 0) is 15.5 Å². The van der Waals surface area contributed by atoms with E-state index in [4.69, 9.17) is 0 Å². The van der Waals surface area contributed by atoms with E-state index < -0.39 is 10.1 Å². The Morgan fingerprint density at radius 2 is 1.67 bits per heavy atom. The fourth-order valence-electron chi connectivity index (χ4n) is 3.54. The van der Waals surface area contributed by atoms with Gasteiger partial charge in [-0.25, -0.2) is 0 Å². The van der Waals surface area contributed by atoms with Gasteiger partial charge in [0.25, 0.3) is 10.1 Å². The number of benzene rings is 2. The van der Waals surface area contributed by atoms with E-state index in [0.29, 0.717) is 0 Å². The van der Waals surface area contributed by atoms with Crippen LogP contribution >= 0.6 is 0 Å². The molecule has 0 atom stereocenters. The molecule has 1 N–H and O–H groups in total. The van der Waals surface area contributed by atoms with Crippen molar-refractivity contribution in [2.24, 2.45) is 0 Å². The standard InChI is InChI=1S/C21H24N2O3S/c1-21(2)18-12-11-17(27(24,25)26)14-19(18)23(5)20(21)13-8-15-6-9-16(10-7-15)22(3)4/h6-14H,1-5H3/p+1. The lowest BCUT2D eigenvalue weighted by Gasteiger charge is -2.15. The minimum absolute atomic E-state index is 0.0894. The number of fused-ring (bicyclic) bond motifs is 1. The Morgan fingerprint density at radius 3 is 2.22 bits per heavy atom. The molecular weight excluding hydrogens is 360 g/mol. The summed E-state index contributed by atoms with van der Waals surface area (Å²) >= 11 is 0. The van der Waals surface area contributed by atoms with Gasteiger partial charge in [-0.1, -0.05) is 12.1 Å². The minimum atomic E-state index is -4.23. The van der Waals surface area contributed by atoms with E-state index in [2.05, 4.69) is 55.2 Å². The molecule has 0 fully saturated rings. The molecule has 0 radical (unpaired) electrons. The second-order valence-electron chi connectivity index (χ2n) is 7.54. The Bertz CT molecular complexity index is 1050. The number of allylic oxidation sites excluding steroid dienone is 1. The third kappa shape index (κ3) is 3.55. The highest BCUT2D eigenvalue weighted by molar-refractivity contribution is 7.85. The highest BCUT2D eigenvalue weighted by Crippen LogP contribution is 2.40. The van der Waals surface area contributed by atoms with Gasteiger partial charge in [0.05, 0.1) is 5.41 Å². The van der Waals surface area contributed by atoms with Crippen LogP contribution in [0.5, 0.6) is 0 Å². The molecule has 142 valence electrons. The predicted molar refractivity (Wildman–Crippen MR) is 110 cm³/mol. The molecule has 3 rings (SSSR count). The first-order chi connectivity index (χ1) is 12.5. The van der Waals surface area contributed by atoms with E-state index >= 15 is 0 Å². The van der Waals surface area contributed by atoms with Crippen molar-refractivity contribution in [2.75, 3.05) is 26.0 Å². The zero-order valence-electron chi connectivity index (χ0n) is 16.3. The lowest BCUT2D eigenvalue weighted by Crippen LogP contribution is -2.26. The Hall–Kier alpha value is -2.44. The average Bonchev–Trinajstić information content (AvgIpc) is 2.79. The average molecular weight is 386 g/mol. The number of nitrogens with zero attached hydrogens (tertiary/aromatic N) is 2. The van der Waals surface area contributed by atoms with Crippen molar-refractivity contribution >= 4 is 33.3 Å². The van der Waals surface area contributed by atoms with Crippen molar-refractivity contribution in [1.82, 2.24) is 0 Å². The summed E-state index contributed by atoms with van der Waals surface area (Å²) in [5.74, 6) is 0. The Labute approximate surface area is 161 Å². The molecule has 0 aromatic heterocycles. The molecule has 27 heavy (non-hydrogen) atoms. The van der Waals surface area contributed by atoms with Crippen LogP contribution in [0.2, 0.25) is 0 Å². The van der Waals surface area contributed by atoms with Crippen molar-refractivity contribution in [3.05, 3.63) is 59.7 Å². The molecule has 0 amide bonds. The van der Waals surface area contributed by atoms with Crippen LogP contribution in [0.25, 0.3) is 6.08 Å². The maximum absolute atomic E-state index is 11.5. The maximum Gasteiger partial charge on any atom is 0.294 e. The summed E-state index contributed by atoms with van der Waals surface area (Å²) in [6.45, 7) is 4.22. The van der Waals surface area contributed by atoms with E-state index in [1.165, 1.54) is 12.1 Å². The largest absolute Gasteiger partial charge is 0.378 e. The summed E-state index contributed by atoms with van der Waals surface area (Å²) < 4.78 is 34.3. The Morgan fingerprint density at radius 1 is 1.04 bits per heavy atom. The van der Waals surface area contributed by atoms with Crippen LogP contribution < -0.4 is 4.90 Å². The molecule has 1 heterocycles. The van der Waals surface area contributed by atoms with Crippen LogP contribution in [0.1, 0.15) is 25.0 Å². The molecule has 0 aliphatic carbocycles. The van der Waals surface area contributed by atoms with Gasteiger partial charge < -0.3 is 4.90 Å².